The third kappa shape index (κ3) is 2.30. The Morgan fingerprint density at radius 1 is 1.12 bits per heavy atom. The van der Waals surface area contributed by atoms with Crippen LogP contribution < -0.4 is 0 Å². The largest absolute Gasteiger partial charge is 0.396 e. The Kier molecular flexibility index (Phi) is 4.06. The fraction of sp³-hybridized carbons (Fsp3) is 0.857. The van der Waals surface area contributed by atoms with Gasteiger partial charge in [0.05, 0.1) is 11.8 Å². The maximum absolute atomic E-state index is 10.5. The van der Waals surface area contributed by atoms with Gasteiger partial charge in [0.25, 0.3) is 0 Å². The lowest BCUT2D eigenvalue weighted by molar-refractivity contribution is -0.0722. The van der Waals surface area contributed by atoms with E-state index < -0.39 is 0 Å². The van der Waals surface area contributed by atoms with Gasteiger partial charge in [-0.15, -0.1) is 0 Å². The fourth-order valence-electron chi connectivity index (χ4n) is 6.76. The molecule has 0 saturated heterocycles. The molecule has 0 aromatic rings. The van der Waals surface area contributed by atoms with E-state index in [4.69, 9.17) is 4.84 Å². The number of hydrogen-bond donors (Lipinski definition) is 1. The molecule has 4 aliphatic carbocycles. The second-order valence-corrected chi connectivity index (χ2v) is 9.14. The van der Waals surface area contributed by atoms with Crippen molar-refractivity contribution < 1.29 is 9.94 Å². The zero-order valence-corrected chi connectivity index (χ0v) is 15.6. The molecule has 0 spiro atoms. The topological polar surface area (TPSA) is 41.8 Å². The summed E-state index contributed by atoms with van der Waals surface area (Å²) < 4.78 is 0. The van der Waals surface area contributed by atoms with E-state index in [1.807, 2.05) is 6.92 Å². The Bertz CT molecular complexity index is 568. The van der Waals surface area contributed by atoms with E-state index in [1.54, 1.807) is 5.57 Å². The number of aliphatic hydroxyl groups excluding tert-OH is 1. The number of nitrogens with zero attached hydrogens (tertiary/aromatic N) is 1. The van der Waals surface area contributed by atoms with Gasteiger partial charge in [0.1, 0.15) is 6.61 Å². The Balaban J connectivity index is 1.61. The van der Waals surface area contributed by atoms with Crippen LogP contribution in [0, 0.1) is 28.6 Å². The summed E-state index contributed by atoms with van der Waals surface area (Å²) >= 11 is 0. The van der Waals surface area contributed by atoms with Gasteiger partial charge in [-0.25, -0.2) is 0 Å². The van der Waals surface area contributed by atoms with Crippen molar-refractivity contribution in [2.75, 3.05) is 6.61 Å². The molecule has 0 radical (unpaired) electrons. The molecule has 3 fully saturated rings. The third-order valence-electron chi connectivity index (χ3n) is 8.24. The fourth-order valence-corrected chi connectivity index (χ4v) is 6.76. The standard InChI is InChI=1S/C21H33NO2/c1-4-24-22-15-9-11-20(2)14(13-15)5-6-16-17-7-8-19(23)21(17,3)12-10-18(16)20/h13,16-19,23H,4-12H2,1-3H3/b22-15+/t16-,17-,18-,19-,20-,21-/m0/s1. The highest BCUT2D eigenvalue weighted by Gasteiger charge is 2.58. The van der Waals surface area contributed by atoms with Crippen LogP contribution in [0.2, 0.25) is 0 Å². The van der Waals surface area contributed by atoms with Gasteiger partial charge in [0, 0.05) is 0 Å². The number of hydrogen-bond acceptors (Lipinski definition) is 3. The summed E-state index contributed by atoms with van der Waals surface area (Å²) in [5.41, 5.74) is 3.30. The summed E-state index contributed by atoms with van der Waals surface area (Å²) in [6.07, 6.45) is 11.8. The first-order valence-electron chi connectivity index (χ1n) is 10.1. The molecule has 1 N–H and O–H groups in total. The summed E-state index contributed by atoms with van der Waals surface area (Å²) in [5, 5.41) is 14.9. The minimum Gasteiger partial charge on any atom is -0.396 e. The van der Waals surface area contributed by atoms with Crippen LogP contribution in [0.3, 0.4) is 0 Å². The van der Waals surface area contributed by atoms with Gasteiger partial charge in [-0.1, -0.05) is 24.6 Å². The smallest absolute Gasteiger partial charge is 0.114 e. The molecule has 6 atom stereocenters. The number of aliphatic hydroxyl groups is 1. The van der Waals surface area contributed by atoms with Crippen molar-refractivity contribution in [1.29, 1.82) is 0 Å². The first-order valence-corrected chi connectivity index (χ1v) is 10.1. The van der Waals surface area contributed by atoms with Crippen LogP contribution in [0.5, 0.6) is 0 Å². The molecule has 0 amide bonds. The van der Waals surface area contributed by atoms with Crippen LogP contribution >= 0.6 is 0 Å². The monoisotopic (exact) mass is 331 g/mol. The molecule has 0 aromatic carbocycles. The summed E-state index contributed by atoms with van der Waals surface area (Å²) in [5.74, 6) is 2.35. The molecule has 4 rings (SSSR count). The predicted molar refractivity (Wildman–Crippen MR) is 96.8 cm³/mol. The first kappa shape index (κ1) is 16.6. The second kappa shape index (κ2) is 5.86. The van der Waals surface area contributed by atoms with E-state index in [1.165, 1.54) is 38.5 Å². The SMILES string of the molecule is CCO/N=C1/C=C2CC[C@H]3[C@@H]4CC[C@H](O)[C@@]4(C)CC[C@@H]3[C@@]2(C)CC1. The van der Waals surface area contributed by atoms with Crippen LogP contribution in [0.25, 0.3) is 0 Å². The quantitative estimate of drug-likeness (QED) is 0.745. The van der Waals surface area contributed by atoms with Crippen LogP contribution in [0.4, 0.5) is 0 Å². The van der Waals surface area contributed by atoms with Gasteiger partial charge in [-0.2, -0.15) is 0 Å². The van der Waals surface area contributed by atoms with Crippen LogP contribution in [-0.2, 0) is 4.84 Å². The molecule has 0 aliphatic heterocycles. The van der Waals surface area contributed by atoms with E-state index >= 15 is 0 Å². The lowest BCUT2D eigenvalue weighted by atomic mass is 9.47. The summed E-state index contributed by atoms with van der Waals surface area (Å²) in [4.78, 5) is 5.29. The van der Waals surface area contributed by atoms with Crippen molar-refractivity contribution >= 4 is 5.71 Å². The first-order chi connectivity index (χ1) is 11.5. The van der Waals surface area contributed by atoms with Crippen molar-refractivity contribution in [1.82, 2.24) is 0 Å². The molecule has 0 bridgehead atoms. The minimum absolute atomic E-state index is 0.0653. The zero-order chi connectivity index (χ0) is 16.9. The highest BCUT2D eigenvalue weighted by Crippen LogP contribution is 2.65. The number of rotatable bonds is 2. The lowest BCUT2D eigenvalue weighted by Crippen LogP contribution is -2.51. The molecule has 0 aromatic heterocycles. The second-order valence-electron chi connectivity index (χ2n) is 9.14. The van der Waals surface area contributed by atoms with E-state index in [9.17, 15) is 5.11 Å². The average Bonchev–Trinajstić information content (AvgIpc) is 2.88. The van der Waals surface area contributed by atoms with Crippen molar-refractivity contribution in [3.63, 3.8) is 0 Å². The van der Waals surface area contributed by atoms with Crippen LogP contribution in [-0.4, -0.2) is 23.5 Å². The molecular weight excluding hydrogens is 298 g/mol. The van der Waals surface area contributed by atoms with Gasteiger partial charge < -0.3 is 9.94 Å². The predicted octanol–water partition coefficient (Wildman–Crippen LogP) is 4.70. The Morgan fingerprint density at radius 2 is 1.96 bits per heavy atom. The minimum atomic E-state index is -0.0653. The number of fused-ring (bicyclic) bond motifs is 5. The van der Waals surface area contributed by atoms with E-state index in [2.05, 4.69) is 25.1 Å². The molecular formula is C21H33NO2. The molecule has 24 heavy (non-hydrogen) atoms. The molecule has 134 valence electrons. The Hall–Kier alpha value is -0.830. The van der Waals surface area contributed by atoms with E-state index in [-0.39, 0.29) is 11.5 Å². The highest BCUT2D eigenvalue weighted by molar-refractivity contribution is 5.96. The zero-order valence-electron chi connectivity index (χ0n) is 15.6. The van der Waals surface area contributed by atoms with Gasteiger partial charge >= 0.3 is 0 Å². The Labute approximate surface area is 146 Å². The molecule has 0 unspecified atom stereocenters. The molecule has 3 heteroatoms. The Morgan fingerprint density at radius 3 is 2.75 bits per heavy atom. The maximum Gasteiger partial charge on any atom is 0.114 e. The maximum atomic E-state index is 10.5. The highest BCUT2D eigenvalue weighted by atomic mass is 16.6. The summed E-state index contributed by atoms with van der Waals surface area (Å²) in [6, 6.07) is 0. The van der Waals surface area contributed by atoms with Gasteiger partial charge in [0.2, 0.25) is 0 Å². The van der Waals surface area contributed by atoms with E-state index in [0.29, 0.717) is 12.0 Å². The molecule has 3 nitrogen and oxygen atoms in total. The normalized spacial score (nSPS) is 49.2. The van der Waals surface area contributed by atoms with Gasteiger partial charge in [-0.3, -0.25) is 0 Å². The van der Waals surface area contributed by atoms with Crippen LogP contribution in [0.15, 0.2) is 16.8 Å². The molecule has 3 saturated carbocycles. The molecule has 4 aliphatic rings. The van der Waals surface area contributed by atoms with Crippen molar-refractivity contribution in [3.05, 3.63) is 11.6 Å². The average molecular weight is 332 g/mol. The van der Waals surface area contributed by atoms with Crippen molar-refractivity contribution in [3.8, 4) is 0 Å². The van der Waals surface area contributed by atoms with Gasteiger partial charge in [-0.05, 0) is 93.0 Å². The third-order valence-corrected chi connectivity index (χ3v) is 8.24. The summed E-state index contributed by atoms with van der Waals surface area (Å²) in [6.45, 7) is 7.52. The molecule has 0 heterocycles. The van der Waals surface area contributed by atoms with Crippen molar-refractivity contribution in [2.24, 2.45) is 33.7 Å². The number of allylic oxidation sites excluding steroid dienone is 2. The van der Waals surface area contributed by atoms with Crippen molar-refractivity contribution in [2.45, 2.75) is 78.2 Å². The van der Waals surface area contributed by atoms with Crippen LogP contribution in [0.1, 0.15) is 72.1 Å². The number of oxime groups is 1. The lowest BCUT2D eigenvalue weighted by Gasteiger charge is -2.57. The van der Waals surface area contributed by atoms with E-state index in [0.717, 1.165) is 36.3 Å². The summed E-state index contributed by atoms with van der Waals surface area (Å²) in [7, 11) is 0. The van der Waals surface area contributed by atoms with Gasteiger partial charge in [0.15, 0.2) is 0 Å².